The first-order valence-electron chi connectivity index (χ1n) is 7.16. The lowest BCUT2D eigenvalue weighted by molar-refractivity contribution is -0.141. The molecular formula is C15H16F3NO4S. The highest BCUT2D eigenvalue weighted by molar-refractivity contribution is 7.99. The first-order chi connectivity index (χ1) is 11.3. The lowest BCUT2D eigenvalue weighted by Gasteiger charge is -2.34. The minimum atomic E-state index is -4.43. The fraction of sp³-hybridized carbons (Fsp3) is 0.467. The lowest BCUT2D eigenvalue weighted by atomic mass is 10.2. The van der Waals surface area contributed by atoms with E-state index in [-0.39, 0.29) is 24.7 Å². The number of hydrogen-bond acceptors (Lipinski definition) is 4. The van der Waals surface area contributed by atoms with Gasteiger partial charge in [0.05, 0.1) is 18.0 Å². The molecule has 132 valence electrons. The first kappa shape index (κ1) is 18.4. The SMILES string of the molecule is O=C(O)CC1CSCCN1C(=O)COc1ccc(C(F)(F)F)cc1. The van der Waals surface area contributed by atoms with Crippen LogP contribution in [0.3, 0.4) is 0 Å². The van der Waals surface area contributed by atoms with Crippen molar-refractivity contribution < 1.29 is 32.6 Å². The molecule has 0 bridgehead atoms. The van der Waals surface area contributed by atoms with Crippen molar-refractivity contribution in [3.63, 3.8) is 0 Å². The third-order valence-corrected chi connectivity index (χ3v) is 4.59. The number of ether oxygens (including phenoxy) is 1. The predicted octanol–water partition coefficient (Wildman–Crippen LogP) is 2.50. The van der Waals surface area contributed by atoms with Crippen LogP contribution < -0.4 is 4.74 Å². The normalized spacial score (nSPS) is 18.3. The third-order valence-electron chi connectivity index (χ3n) is 3.50. The summed E-state index contributed by atoms with van der Waals surface area (Å²) in [5.74, 6) is 0.0448. The summed E-state index contributed by atoms with van der Waals surface area (Å²) < 4.78 is 42.6. The van der Waals surface area contributed by atoms with Crippen molar-refractivity contribution in [3.05, 3.63) is 29.8 Å². The van der Waals surface area contributed by atoms with Gasteiger partial charge in [-0.2, -0.15) is 24.9 Å². The van der Waals surface area contributed by atoms with E-state index in [0.717, 1.165) is 24.3 Å². The van der Waals surface area contributed by atoms with Crippen molar-refractivity contribution in [2.24, 2.45) is 0 Å². The number of carbonyl (C=O) groups excluding carboxylic acids is 1. The molecule has 5 nitrogen and oxygen atoms in total. The van der Waals surface area contributed by atoms with E-state index in [4.69, 9.17) is 9.84 Å². The van der Waals surface area contributed by atoms with Gasteiger partial charge in [0.15, 0.2) is 6.61 Å². The van der Waals surface area contributed by atoms with Gasteiger partial charge in [-0.15, -0.1) is 0 Å². The van der Waals surface area contributed by atoms with E-state index in [2.05, 4.69) is 0 Å². The number of halogens is 3. The van der Waals surface area contributed by atoms with Gasteiger partial charge in [-0.1, -0.05) is 0 Å². The predicted molar refractivity (Wildman–Crippen MR) is 82.0 cm³/mol. The number of alkyl halides is 3. The molecule has 1 saturated heterocycles. The molecule has 24 heavy (non-hydrogen) atoms. The van der Waals surface area contributed by atoms with Crippen molar-refractivity contribution in [1.82, 2.24) is 4.90 Å². The van der Waals surface area contributed by atoms with Crippen LogP contribution in [0, 0.1) is 0 Å². The Morgan fingerprint density at radius 1 is 1.29 bits per heavy atom. The van der Waals surface area contributed by atoms with Gasteiger partial charge in [0.25, 0.3) is 5.91 Å². The molecule has 1 fully saturated rings. The molecule has 1 aromatic carbocycles. The van der Waals surface area contributed by atoms with Crippen LogP contribution in [0.5, 0.6) is 5.75 Å². The van der Waals surface area contributed by atoms with Crippen molar-refractivity contribution in [1.29, 1.82) is 0 Å². The van der Waals surface area contributed by atoms with E-state index in [1.807, 2.05) is 0 Å². The van der Waals surface area contributed by atoms with Crippen molar-refractivity contribution in [3.8, 4) is 5.75 Å². The first-order valence-corrected chi connectivity index (χ1v) is 8.32. The van der Waals surface area contributed by atoms with Gasteiger partial charge in [-0.25, -0.2) is 0 Å². The van der Waals surface area contributed by atoms with Gasteiger partial charge in [0, 0.05) is 18.1 Å². The molecule has 0 saturated carbocycles. The Morgan fingerprint density at radius 3 is 2.54 bits per heavy atom. The standard InChI is InChI=1S/C15H16F3NO4S/c16-15(17,18)10-1-3-12(4-2-10)23-8-13(20)19-5-6-24-9-11(19)7-14(21)22/h1-4,11H,5-9H2,(H,21,22). The van der Waals surface area contributed by atoms with E-state index < -0.39 is 23.8 Å². The van der Waals surface area contributed by atoms with Crippen LogP contribution in [0.4, 0.5) is 13.2 Å². The summed E-state index contributed by atoms with van der Waals surface area (Å²) in [4.78, 5) is 24.5. The Bertz CT molecular complexity index is 591. The monoisotopic (exact) mass is 363 g/mol. The van der Waals surface area contributed by atoms with Crippen LogP contribution >= 0.6 is 11.8 Å². The molecule has 9 heteroatoms. The highest BCUT2D eigenvalue weighted by Crippen LogP contribution is 2.30. The Morgan fingerprint density at radius 2 is 1.96 bits per heavy atom. The number of hydrogen-bond donors (Lipinski definition) is 1. The molecule has 1 amide bonds. The van der Waals surface area contributed by atoms with Crippen LogP contribution in [0.15, 0.2) is 24.3 Å². The highest BCUT2D eigenvalue weighted by Gasteiger charge is 2.31. The second-order valence-corrected chi connectivity index (χ2v) is 6.37. The van der Waals surface area contributed by atoms with Gasteiger partial charge in [-0.3, -0.25) is 9.59 Å². The Balaban J connectivity index is 1.92. The molecule has 1 aliphatic rings. The smallest absolute Gasteiger partial charge is 0.416 e. The maximum atomic E-state index is 12.5. The number of rotatable bonds is 5. The second-order valence-electron chi connectivity index (χ2n) is 5.22. The van der Waals surface area contributed by atoms with E-state index in [1.54, 1.807) is 11.8 Å². The van der Waals surface area contributed by atoms with Crippen LogP contribution in [0.25, 0.3) is 0 Å². The zero-order valence-corrected chi connectivity index (χ0v) is 13.4. The molecule has 0 aromatic heterocycles. The van der Waals surface area contributed by atoms with Crippen LogP contribution in [-0.2, 0) is 15.8 Å². The maximum absolute atomic E-state index is 12.5. The molecule has 1 unspecified atom stereocenters. The summed E-state index contributed by atoms with van der Waals surface area (Å²) in [6, 6.07) is 3.66. The number of thioether (sulfide) groups is 1. The second kappa shape index (κ2) is 7.78. The van der Waals surface area contributed by atoms with Crippen molar-refractivity contribution in [2.75, 3.05) is 24.7 Å². The van der Waals surface area contributed by atoms with Gasteiger partial charge in [0.1, 0.15) is 5.75 Å². The fourth-order valence-electron chi connectivity index (χ4n) is 2.32. The molecule has 0 spiro atoms. The topological polar surface area (TPSA) is 66.8 Å². The average Bonchev–Trinajstić information content (AvgIpc) is 2.52. The molecule has 1 N–H and O–H groups in total. The number of nitrogens with zero attached hydrogens (tertiary/aromatic N) is 1. The highest BCUT2D eigenvalue weighted by atomic mass is 32.2. The molecule has 1 heterocycles. The fourth-order valence-corrected chi connectivity index (χ4v) is 3.38. The quantitative estimate of drug-likeness (QED) is 0.871. The minimum absolute atomic E-state index is 0.140. The minimum Gasteiger partial charge on any atom is -0.484 e. The van der Waals surface area contributed by atoms with Gasteiger partial charge in [-0.05, 0) is 24.3 Å². The van der Waals surface area contributed by atoms with Crippen molar-refractivity contribution in [2.45, 2.75) is 18.6 Å². The van der Waals surface area contributed by atoms with Gasteiger partial charge in [0.2, 0.25) is 0 Å². The molecule has 1 aromatic rings. The third kappa shape index (κ3) is 5.05. The summed E-state index contributed by atoms with van der Waals surface area (Å²) >= 11 is 1.58. The Labute approximate surface area is 140 Å². The lowest BCUT2D eigenvalue weighted by Crippen LogP contribution is -2.48. The average molecular weight is 363 g/mol. The Hall–Kier alpha value is -1.90. The number of carboxylic acids is 1. The van der Waals surface area contributed by atoms with Crippen LogP contribution in [0.2, 0.25) is 0 Å². The number of carboxylic acid groups (broad SMARTS) is 1. The van der Waals surface area contributed by atoms with E-state index in [1.165, 1.54) is 4.90 Å². The van der Waals surface area contributed by atoms with Gasteiger partial charge >= 0.3 is 12.1 Å². The van der Waals surface area contributed by atoms with E-state index >= 15 is 0 Å². The van der Waals surface area contributed by atoms with Crippen molar-refractivity contribution >= 4 is 23.6 Å². The Kier molecular flexibility index (Phi) is 5.98. The molecule has 1 aliphatic heterocycles. The van der Waals surface area contributed by atoms with E-state index in [9.17, 15) is 22.8 Å². The summed E-state index contributed by atoms with van der Waals surface area (Å²) in [6.07, 6.45) is -4.57. The zero-order chi connectivity index (χ0) is 17.7. The molecule has 0 radical (unpaired) electrons. The summed E-state index contributed by atoms with van der Waals surface area (Å²) in [6.45, 7) is 0.0873. The summed E-state index contributed by atoms with van der Waals surface area (Å²) in [5, 5.41) is 8.89. The number of carbonyl (C=O) groups is 2. The van der Waals surface area contributed by atoms with Gasteiger partial charge < -0.3 is 14.7 Å². The maximum Gasteiger partial charge on any atom is 0.416 e. The molecule has 1 atom stereocenters. The largest absolute Gasteiger partial charge is 0.484 e. The molecule has 2 rings (SSSR count). The molecule has 0 aliphatic carbocycles. The molecular weight excluding hydrogens is 347 g/mol. The summed E-state index contributed by atoms with van der Waals surface area (Å²) in [5.41, 5.74) is -0.796. The van der Waals surface area contributed by atoms with E-state index in [0.29, 0.717) is 18.1 Å². The number of aliphatic carboxylic acids is 1. The summed E-state index contributed by atoms with van der Waals surface area (Å²) in [7, 11) is 0. The van der Waals surface area contributed by atoms with Crippen LogP contribution in [0.1, 0.15) is 12.0 Å². The number of amides is 1. The zero-order valence-electron chi connectivity index (χ0n) is 12.6. The van der Waals surface area contributed by atoms with Crippen LogP contribution in [-0.4, -0.2) is 52.6 Å². The number of benzene rings is 1.